The molecule has 4 aliphatic rings. The van der Waals surface area contributed by atoms with Gasteiger partial charge < -0.3 is 30.7 Å². The summed E-state index contributed by atoms with van der Waals surface area (Å²) in [4.78, 5) is 0. The van der Waals surface area contributed by atoms with Gasteiger partial charge in [-0.2, -0.15) is 0 Å². The van der Waals surface area contributed by atoms with Crippen molar-refractivity contribution in [1.29, 1.82) is 0 Å². The van der Waals surface area contributed by atoms with Crippen LogP contribution in [0.2, 0.25) is 0 Å². The molecular formula is C42H52N4O2. The third-order valence-corrected chi connectivity index (χ3v) is 10.4. The molecule has 48 heavy (non-hydrogen) atoms. The molecule has 6 heteroatoms. The smallest absolute Gasteiger partial charge is 0.127 e. The number of anilines is 2. The van der Waals surface area contributed by atoms with E-state index in [4.69, 9.17) is 9.47 Å². The zero-order chi connectivity index (χ0) is 32.7. The minimum atomic E-state index is 0.555. The first kappa shape index (κ1) is 32.5. The van der Waals surface area contributed by atoms with Crippen molar-refractivity contribution in [3.63, 3.8) is 0 Å². The topological polar surface area (TPSA) is 66.6 Å². The molecule has 0 bridgehead atoms. The van der Waals surface area contributed by atoms with Gasteiger partial charge in [0, 0.05) is 46.4 Å². The van der Waals surface area contributed by atoms with E-state index in [0.29, 0.717) is 23.9 Å². The Hall–Kier alpha value is -4.00. The number of nitrogens with one attached hydrogen (secondary N) is 4. The summed E-state index contributed by atoms with van der Waals surface area (Å²) in [5, 5.41) is 14.6. The Morgan fingerprint density at radius 2 is 0.917 bits per heavy atom. The van der Waals surface area contributed by atoms with E-state index in [1.165, 1.54) is 70.4 Å². The van der Waals surface area contributed by atoms with Crippen LogP contribution in [0.3, 0.4) is 0 Å². The van der Waals surface area contributed by atoms with E-state index in [2.05, 4.69) is 120 Å². The fraction of sp³-hybridized carbons (Fsp3) is 0.429. The van der Waals surface area contributed by atoms with Gasteiger partial charge in [-0.25, -0.2) is 0 Å². The van der Waals surface area contributed by atoms with Crippen LogP contribution in [-0.2, 0) is 0 Å². The third-order valence-electron chi connectivity index (χ3n) is 10.4. The molecule has 6 nitrogen and oxygen atoms in total. The lowest BCUT2D eigenvalue weighted by molar-refractivity contribution is 0.318. The highest BCUT2D eigenvalue weighted by Crippen LogP contribution is 2.48. The highest BCUT2D eigenvalue weighted by molar-refractivity contribution is 5.82. The standard InChI is InChI=1S/2C21H26N2O/c2*1-2-14-24-20-9-4-3-6-15(20)16-7-5-8-19-21(16)17-10-12-22-13-11-18(17)23-19/h2*3-9,17-18,22-23H,2,10-14H2,1H3/t2*17-,18+/m10/s1. The molecule has 4 aromatic rings. The van der Waals surface area contributed by atoms with E-state index in [-0.39, 0.29) is 0 Å². The summed E-state index contributed by atoms with van der Waals surface area (Å²) in [6.07, 6.45) is 6.82. The molecule has 0 spiro atoms. The van der Waals surface area contributed by atoms with Gasteiger partial charge in [0.15, 0.2) is 0 Å². The molecule has 0 radical (unpaired) electrons. The normalized spacial score (nSPS) is 22.2. The second kappa shape index (κ2) is 15.5. The summed E-state index contributed by atoms with van der Waals surface area (Å²) in [7, 11) is 0. The third kappa shape index (κ3) is 6.79. The number of para-hydroxylation sites is 2. The second-order valence-corrected chi connectivity index (χ2v) is 13.6. The Bertz CT molecular complexity index is 1550. The molecule has 4 atom stereocenters. The van der Waals surface area contributed by atoms with Gasteiger partial charge in [-0.3, -0.25) is 0 Å². The number of ether oxygens (including phenoxy) is 2. The maximum absolute atomic E-state index is 6.03. The molecule has 0 aliphatic carbocycles. The summed E-state index contributed by atoms with van der Waals surface area (Å²) >= 11 is 0. The average Bonchev–Trinajstić information content (AvgIpc) is 3.45. The van der Waals surface area contributed by atoms with Crippen LogP contribution in [0, 0.1) is 0 Å². The molecule has 0 amide bonds. The van der Waals surface area contributed by atoms with Crippen molar-refractivity contribution in [3.05, 3.63) is 96.1 Å². The first-order valence-corrected chi connectivity index (χ1v) is 18.4. The zero-order valence-corrected chi connectivity index (χ0v) is 28.7. The summed E-state index contributed by atoms with van der Waals surface area (Å²) in [5.74, 6) is 3.18. The van der Waals surface area contributed by atoms with Gasteiger partial charge in [-0.1, -0.05) is 74.5 Å². The van der Waals surface area contributed by atoms with Gasteiger partial charge in [-0.05, 0) is 111 Å². The molecule has 0 aromatic heterocycles. The monoisotopic (exact) mass is 644 g/mol. The van der Waals surface area contributed by atoms with E-state index in [1.54, 1.807) is 0 Å². The van der Waals surface area contributed by atoms with Gasteiger partial charge in [-0.15, -0.1) is 0 Å². The van der Waals surface area contributed by atoms with Crippen LogP contribution >= 0.6 is 0 Å². The molecule has 4 aliphatic heterocycles. The maximum atomic E-state index is 6.03. The van der Waals surface area contributed by atoms with Crippen molar-refractivity contribution in [2.24, 2.45) is 0 Å². The molecule has 2 saturated heterocycles. The molecule has 4 heterocycles. The van der Waals surface area contributed by atoms with Gasteiger partial charge in [0.1, 0.15) is 11.5 Å². The van der Waals surface area contributed by atoms with E-state index in [1.807, 2.05) is 0 Å². The quantitative estimate of drug-likeness (QED) is 0.154. The number of fused-ring (bicyclic) bond motifs is 6. The Morgan fingerprint density at radius 1 is 0.500 bits per heavy atom. The summed E-state index contributed by atoms with van der Waals surface area (Å²) in [6, 6.07) is 31.4. The average molecular weight is 645 g/mol. The highest BCUT2D eigenvalue weighted by Gasteiger charge is 2.36. The molecule has 2 fully saturated rings. The van der Waals surface area contributed by atoms with Crippen molar-refractivity contribution >= 4 is 11.4 Å². The van der Waals surface area contributed by atoms with Crippen molar-refractivity contribution in [1.82, 2.24) is 10.6 Å². The fourth-order valence-corrected chi connectivity index (χ4v) is 8.23. The largest absolute Gasteiger partial charge is 0.493 e. The number of hydrogen-bond donors (Lipinski definition) is 4. The van der Waals surface area contributed by atoms with Crippen molar-refractivity contribution in [3.8, 4) is 33.8 Å². The Kier molecular flexibility index (Phi) is 10.5. The van der Waals surface area contributed by atoms with E-state index < -0.39 is 0 Å². The zero-order valence-electron chi connectivity index (χ0n) is 28.7. The molecule has 0 saturated carbocycles. The first-order chi connectivity index (χ1) is 23.8. The molecule has 4 N–H and O–H groups in total. The minimum Gasteiger partial charge on any atom is -0.493 e. The van der Waals surface area contributed by atoms with Crippen molar-refractivity contribution in [2.45, 2.75) is 76.3 Å². The van der Waals surface area contributed by atoms with Gasteiger partial charge in [0.05, 0.1) is 13.2 Å². The van der Waals surface area contributed by atoms with Crippen LogP contribution in [0.15, 0.2) is 84.9 Å². The summed E-state index contributed by atoms with van der Waals surface area (Å²) in [5.41, 5.74) is 10.7. The van der Waals surface area contributed by atoms with E-state index in [9.17, 15) is 0 Å². The van der Waals surface area contributed by atoms with Crippen LogP contribution in [0.4, 0.5) is 11.4 Å². The van der Waals surface area contributed by atoms with E-state index in [0.717, 1.165) is 63.7 Å². The van der Waals surface area contributed by atoms with Gasteiger partial charge in [0.25, 0.3) is 0 Å². The Balaban J connectivity index is 0.000000152. The molecule has 4 aromatic carbocycles. The van der Waals surface area contributed by atoms with Gasteiger partial charge >= 0.3 is 0 Å². The predicted octanol–water partition coefficient (Wildman–Crippen LogP) is 8.81. The van der Waals surface area contributed by atoms with E-state index >= 15 is 0 Å². The molecule has 8 rings (SSSR count). The summed E-state index contributed by atoms with van der Waals surface area (Å²) in [6.45, 7) is 10.2. The van der Waals surface area contributed by atoms with Crippen LogP contribution in [-0.4, -0.2) is 51.5 Å². The Labute approximate surface area is 287 Å². The van der Waals surface area contributed by atoms with Gasteiger partial charge in [0.2, 0.25) is 0 Å². The lowest BCUT2D eigenvalue weighted by Crippen LogP contribution is -2.21. The Morgan fingerprint density at radius 3 is 1.38 bits per heavy atom. The van der Waals surface area contributed by atoms with Crippen LogP contribution < -0.4 is 30.7 Å². The van der Waals surface area contributed by atoms with Crippen molar-refractivity contribution in [2.75, 3.05) is 50.0 Å². The molecule has 252 valence electrons. The summed E-state index contributed by atoms with van der Waals surface area (Å²) < 4.78 is 12.1. The highest BCUT2D eigenvalue weighted by atomic mass is 16.5. The first-order valence-electron chi connectivity index (χ1n) is 18.4. The maximum Gasteiger partial charge on any atom is 0.127 e. The lowest BCUT2D eigenvalue weighted by Gasteiger charge is -2.19. The van der Waals surface area contributed by atoms with Crippen molar-refractivity contribution < 1.29 is 9.47 Å². The predicted molar refractivity (Wildman–Crippen MR) is 200 cm³/mol. The fourth-order valence-electron chi connectivity index (χ4n) is 8.23. The van der Waals surface area contributed by atoms with Crippen LogP contribution in [0.1, 0.15) is 75.3 Å². The van der Waals surface area contributed by atoms with Crippen LogP contribution in [0.25, 0.3) is 22.3 Å². The lowest BCUT2D eigenvalue weighted by atomic mass is 9.85. The number of hydrogen-bond acceptors (Lipinski definition) is 6. The minimum absolute atomic E-state index is 0.555. The molecular weight excluding hydrogens is 592 g/mol. The van der Waals surface area contributed by atoms with Crippen LogP contribution in [0.5, 0.6) is 11.5 Å². The number of benzene rings is 4. The SMILES string of the molecule is CCCOc1ccccc1-c1cccc2c1[C@@H]1CCNCC[C@@H]1N2.CCCOc1ccccc1-c1cccc2c1[C@H]1CCNCC[C@H]1N2. The molecule has 0 unspecified atom stereocenters. The second-order valence-electron chi connectivity index (χ2n) is 13.6. The number of rotatable bonds is 8.